The van der Waals surface area contributed by atoms with Crippen LogP contribution in [0.4, 0.5) is 4.79 Å². The standard InChI is InChI=1S/C36H47N3O5/c1-5-6-7-8-15-24-39(34(42)31(25-27-16-11-9-12-17-27)38-35(43)44-36(2,3)4)32(29-20-22-30(40)23-21-29)33(41)37-26-28-18-13-10-14-19-28/h9-14,16-23,31-32,40H,5-8,15,24-26H2,1-4H3,(H,37,41)(H,38,43). The number of hydrogen-bond donors (Lipinski definition) is 3. The number of phenols is 1. The molecule has 0 saturated carbocycles. The van der Waals surface area contributed by atoms with Gasteiger partial charge in [-0.25, -0.2) is 4.79 Å². The highest BCUT2D eigenvalue weighted by Crippen LogP contribution is 2.26. The Morgan fingerprint density at radius 2 is 1.41 bits per heavy atom. The number of hydrogen-bond acceptors (Lipinski definition) is 5. The van der Waals surface area contributed by atoms with Gasteiger partial charge in [0.25, 0.3) is 0 Å². The van der Waals surface area contributed by atoms with Gasteiger partial charge >= 0.3 is 6.09 Å². The van der Waals surface area contributed by atoms with Crippen LogP contribution in [0.2, 0.25) is 0 Å². The molecule has 0 aliphatic rings. The van der Waals surface area contributed by atoms with Gasteiger partial charge in [0.15, 0.2) is 0 Å². The molecular weight excluding hydrogens is 554 g/mol. The Balaban J connectivity index is 2.00. The van der Waals surface area contributed by atoms with Gasteiger partial charge in [-0.2, -0.15) is 0 Å². The smallest absolute Gasteiger partial charge is 0.408 e. The molecule has 3 aromatic carbocycles. The molecule has 3 aromatic rings. The van der Waals surface area contributed by atoms with E-state index >= 15 is 0 Å². The third-order valence-electron chi connectivity index (χ3n) is 7.14. The molecule has 0 aromatic heterocycles. The number of carbonyl (C=O) groups is 3. The maximum Gasteiger partial charge on any atom is 0.408 e. The van der Waals surface area contributed by atoms with Crippen molar-refractivity contribution in [2.45, 2.75) is 90.4 Å². The molecule has 0 heterocycles. The van der Waals surface area contributed by atoms with Crippen LogP contribution in [0.5, 0.6) is 5.75 Å². The summed E-state index contributed by atoms with van der Waals surface area (Å²) < 4.78 is 5.53. The topological polar surface area (TPSA) is 108 Å². The van der Waals surface area contributed by atoms with E-state index in [2.05, 4.69) is 17.6 Å². The fourth-order valence-electron chi connectivity index (χ4n) is 4.96. The van der Waals surface area contributed by atoms with Crippen molar-refractivity contribution in [3.63, 3.8) is 0 Å². The lowest BCUT2D eigenvalue weighted by atomic mass is 9.99. The van der Waals surface area contributed by atoms with Crippen LogP contribution in [0, 0.1) is 0 Å². The van der Waals surface area contributed by atoms with Crippen LogP contribution in [0.25, 0.3) is 0 Å². The first-order valence-corrected chi connectivity index (χ1v) is 15.5. The SMILES string of the molecule is CCCCCCCN(C(=O)C(Cc1ccccc1)NC(=O)OC(C)(C)C)C(C(=O)NCc1ccccc1)c1ccc(O)cc1. The van der Waals surface area contributed by atoms with Crippen molar-refractivity contribution in [3.8, 4) is 5.75 Å². The predicted octanol–water partition coefficient (Wildman–Crippen LogP) is 6.68. The molecule has 2 atom stereocenters. The number of ether oxygens (including phenoxy) is 1. The number of phenolic OH excluding ortho intramolecular Hbond substituents is 1. The maximum absolute atomic E-state index is 14.6. The van der Waals surface area contributed by atoms with Crippen molar-refractivity contribution >= 4 is 17.9 Å². The van der Waals surface area contributed by atoms with E-state index in [9.17, 15) is 19.5 Å². The minimum Gasteiger partial charge on any atom is -0.508 e. The highest BCUT2D eigenvalue weighted by Gasteiger charge is 2.36. The molecule has 0 saturated heterocycles. The molecule has 44 heavy (non-hydrogen) atoms. The van der Waals surface area contributed by atoms with E-state index < -0.39 is 23.8 Å². The van der Waals surface area contributed by atoms with Gasteiger partial charge < -0.3 is 25.4 Å². The number of amides is 3. The maximum atomic E-state index is 14.6. The van der Waals surface area contributed by atoms with Gasteiger partial charge in [0.2, 0.25) is 11.8 Å². The van der Waals surface area contributed by atoms with Gasteiger partial charge in [0.05, 0.1) is 0 Å². The molecule has 2 unspecified atom stereocenters. The fraction of sp³-hybridized carbons (Fsp3) is 0.417. The predicted molar refractivity (Wildman–Crippen MR) is 173 cm³/mol. The molecule has 0 fully saturated rings. The molecular formula is C36H47N3O5. The quantitative estimate of drug-likeness (QED) is 0.168. The number of rotatable bonds is 15. The van der Waals surface area contributed by atoms with Crippen LogP contribution < -0.4 is 10.6 Å². The van der Waals surface area contributed by atoms with Crippen molar-refractivity contribution in [2.24, 2.45) is 0 Å². The zero-order valence-corrected chi connectivity index (χ0v) is 26.4. The summed E-state index contributed by atoms with van der Waals surface area (Å²) in [5, 5.41) is 15.8. The number of unbranched alkanes of at least 4 members (excludes halogenated alkanes) is 4. The van der Waals surface area contributed by atoms with Crippen LogP contribution in [-0.2, 0) is 27.3 Å². The Morgan fingerprint density at radius 3 is 2.00 bits per heavy atom. The summed E-state index contributed by atoms with van der Waals surface area (Å²) in [5.41, 5.74) is 1.59. The van der Waals surface area contributed by atoms with Crippen LogP contribution in [0.1, 0.15) is 82.5 Å². The highest BCUT2D eigenvalue weighted by atomic mass is 16.6. The molecule has 0 aliphatic heterocycles. The number of alkyl carbamates (subject to hydrolysis) is 1. The molecule has 3 N–H and O–H groups in total. The molecule has 0 bridgehead atoms. The third-order valence-corrected chi connectivity index (χ3v) is 7.14. The van der Waals surface area contributed by atoms with Crippen molar-refractivity contribution in [1.29, 1.82) is 0 Å². The minimum atomic E-state index is -0.989. The second kappa shape index (κ2) is 17.1. The van der Waals surface area contributed by atoms with Gasteiger partial charge in [-0.05, 0) is 56.0 Å². The van der Waals surface area contributed by atoms with E-state index in [4.69, 9.17) is 4.74 Å². The van der Waals surface area contributed by atoms with Crippen LogP contribution in [0.3, 0.4) is 0 Å². The third kappa shape index (κ3) is 11.4. The Labute approximate surface area is 261 Å². The first-order chi connectivity index (χ1) is 21.1. The first-order valence-electron chi connectivity index (χ1n) is 15.5. The largest absolute Gasteiger partial charge is 0.508 e. The summed E-state index contributed by atoms with van der Waals surface area (Å²) in [6.45, 7) is 8.04. The molecule has 8 heteroatoms. The lowest BCUT2D eigenvalue weighted by Gasteiger charge is -2.34. The van der Waals surface area contributed by atoms with E-state index in [0.717, 1.165) is 36.8 Å². The number of nitrogens with zero attached hydrogens (tertiary/aromatic N) is 1. The van der Waals surface area contributed by atoms with Crippen molar-refractivity contribution in [2.75, 3.05) is 6.54 Å². The molecule has 0 spiro atoms. The number of benzene rings is 3. The van der Waals surface area contributed by atoms with Gasteiger partial charge in [-0.15, -0.1) is 0 Å². The molecule has 3 rings (SSSR count). The molecule has 3 amide bonds. The number of nitrogens with one attached hydrogen (secondary N) is 2. The van der Waals surface area contributed by atoms with E-state index in [-0.39, 0.29) is 30.5 Å². The average Bonchev–Trinajstić information content (AvgIpc) is 2.99. The van der Waals surface area contributed by atoms with Gasteiger partial charge in [-0.3, -0.25) is 9.59 Å². The minimum absolute atomic E-state index is 0.0585. The summed E-state index contributed by atoms with van der Waals surface area (Å²) in [5.74, 6) is -0.677. The Bertz CT molecular complexity index is 1310. The van der Waals surface area contributed by atoms with E-state index in [1.54, 1.807) is 37.8 Å². The normalized spacial score (nSPS) is 12.5. The van der Waals surface area contributed by atoms with Gasteiger partial charge in [0.1, 0.15) is 23.4 Å². The Kier molecular flexibility index (Phi) is 13.3. The number of carbonyl (C=O) groups excluding carboxylic acids is 3. The first kappa shape index (κ1) is 34.2. The average molecular weight is 602 g/mol. The summed E-state index contributed by atoms with van der Waals surface area (Å²) in [7, 11) is 0. The Hall–Kier alpha value is -4.33. The van der Waals surface area contributed by atoms with E-state index in [1.165, 1.54) is 12.1 Å². The van der Waals surface area contributed by atoms with E-state index in [1.807, 2.05) is 60.7 Å². The van der Waals surface area contributed by atoms with Crippen molar-refractivity contribution in [1.82, 2.24) is 15.5 Å². The fourth-order valence-corrected chi connectivity index (χ4v) is 4.96. The highest BCUT2D eigenvalue weighted by molar-refractivity contribution is 5.92. The summed E-state index contributed by atoms with van der Waals surface area (Å²) in [6, 6.07) is 23.4. The monoisotopic (exact) mass is 601 g/mol. The summed E-state index contributed by atoms with van der Waals surface area (Å²) in [4.78, 5) is 43.1. The second-order valence-electron chi connectivity index (χ2n) is 12.0. The summed E-state index contributed by atoms with van der Waals surface area (Å²) in [6.07, 6.45) is 4.30. The lowest BCUT2D eigenvalue weighted by molar-refractivity contribution is -0.142. The number of aromatic hydroxyl groups is 1. The summed E-state index contributed by atoms with van der Waals surface area (Å²) >= 11 is 0. The Morgan fingerprint density at radius 1 is 0.818 bits per heavy atom. The molecule has 8 nitrogen and oxygen atoms in total. The second-order valence-corrected chi connectivity index (χ2v) is 12.0. The zero-order valence-electron chi connectivity index (χ0n) is 26.4. The van der Waals surface area contributed by atoms with Crippen LogP contribution in [0.15, 0.2) is 84.9 Å². The molecule has 236 valence electrons. The van der Waals surface area contributed by atoms with E-state index in [0.29, 0.717) is 18.5 Å². The molecule has 0 radical (unpaired) electrons. The van der Waals surface area contributed by atoms with Gasteiger partial charge in [0, 0.05) is 19.5 Å². The molecule has 0 aliphatic carbocycles. The van der Waals surface area contributed by atoms with Crippen LogP contribution in [-0.4, -0.2) is 46.1 Å². The van der Waals surface area contributed by atoms with Crippen molar-refractivity contribution < 1.29 is 24.2 Å². The van der Waals surface area contributed by atoms with Crippen molar-refractivity contribution in [3.05, 3.63) is 102 Å². The van der Waals surface area contributed by atoms with Gasteiger partial charge in [-0.1, -0.05) is 105 Å². The van der Waals surface area contributed by atoms with Crippen LogP contribution >= 0.6 is 0 Å². The zero-order chi connectivity index (χ0) is 32.0. The lowest BCUT2D eigenvalue weighted by Crippen LogP contribution is -2.54.